The molecule has 0 saturated carbocycles. The highest BCUT2D eigenvalue weighted by Crippen LogP contribution is 2.66. The second kappa shape index (κ2) is 4.01. The number of hydrogen-bond donors (Lipinski definition) is 0. The van der Waals surface area contributed by atoms with Gasteiger partial charge in [-0.05, 0) is 44.5 Å². The zero-order valence-corrected chi connectivity index (χ0v) is 13.7. The van der Waals surface area contributed by atoms with Gasteiger partial charge in [-0.3, -0.25) is 4.90 Å². The molecule has 1 saturated heterocycles. The van der Waals surface area contributed by atoms with Gasteiger partial charge in [0.05, 0.1) is 23.4 Å². The average Bonchev–Trinajstić information content (AvgIpc) is 3.05. The molecule has 0 aromatic heterocycles. The molecule has 0 unspecified atom stereocenters. The highest BCUT2D eigenvalue weighted by molar-refractivity contribution is 6.22. The number of alkyl halides is 1. The van der Waals surface area contributed by atoms with Crippen molar-refractivity contribution in [1.29, 1.82) is 0 Å². The number of nitrogens with zero attached hydrogens (tertiary/aromatic N) is 1. The maximum atomic E-state index is 6.68. The Hall–Kier alpha value is -1.19. The zero-order valence-electron chi connectivity index (χ0n) is 12.9. The van der Waals surface area contributed by atoms with Crippen LogP contribution in [0.25, 0.3) is 0 Å². The summed E-state index contributed by atoms with van der Waals surface area (Å²) in [6, 6.07) is 4.27. The van der Waals surface area contributed by atoms with Crippen LogP contribution in [0.3, 0.4) is 0 Å². The molecule has 4 heteroatoms. The summed E-state index contributed by atoms with van der Waals surface area (Å²) in [6.45, 7) is 1.09. The van der Waals surface area contributed by atoms with Crippen LogP contribution in [0.15, 0.2) is 24.3 Å². The minimum absolute atomic E-state index is 0.00877. The summed E-state index contributed by atoms with van der Waals surface area (Å²) in [5.74, 6) is 1.79. The van der Waals surface area contributed by atoms with E-state index < -0.39 is 0 Å². The number of methoxy groups -OCH3 is 1. The molecule has 116 valence electrons. The van der Waals surface area contributed by atoms with Gasteiger partial charge in [0.25, 0.3) is 0 Å². The first kappa shape index (κ1) is 13.3. The molecule has 0 bridgehead atoms. The largest absolute Gasteiger partial charge is 0.493 e. The van der Waals surface area contributed by atoms with E-state index in [0.717, 1.165) is 37.3 Å². The molecule has 3 nitrogen and oxygen atoms in total. The van der Waals surface area contributed by atoms with Crippen molar-refractivity contribution in [2.75, 3.05) is 20.7 Å². The van der Waals surface area contributed by atoms with E-state index in [1.165, 1.54) is 11.1 Å². The number of hydrogen-bond acceptors (Lipinski definition) is 3. The average molecular weight is 318 g/mol. The van der Waals surface area contributed by atoms with Crippen molar-refractivity contribution < 1.29 is 9.47 Å². The molecule has 4 atom stereocenters. The summed E-state index contributed by atoms with van der Waals surface area (Å²) < 4.78 is 12.0. The molecule has 1 aromatic rings. The summed E-state index contributed by atoms with van der Waals surface area (Å²) >= 11 is 6.68. The van der Waals surface area contributed by atoms with Crippen molar-refractivity contribution in [3.05, 3.63) is 35.4 Å². The summed E-state index contributed by atoms with van der Waals surface area (Å²) in [7, 11) is 3.96. The normalized spacial score (nSPS) is 41.0. The monoisotopic (exact) mass is 317 g/mol. The van der Waals surface area contributed by atoms with Gasteiger partial charge in [-0.15, -0.1) is 11.6 Å². The lowest BCUT2D eigenvalue weighted by atomic mass is 9.54. The molecule has 1 fully saturated rings. The quantitative estimate of drug-likeness (QED) is 0.587. The Balaban J connectivity index is 1.87. The van der Waals surface area contributed by atoms with Crippen LogP contribution in [0.2, 0.25) is 0 Å². The van der Waals surface area contributed by atoms with Crippen LogP contribution < -0.4 is 9.47 Å². The fourth-order valence-electron chi connectivity index (χ4n) is 5.57. The van der Waals surface area contributed by atoms with Gasteiger partial charge in [0.1, 0.15) is 6.10 Å². The molecular weight excluding hydrogens is 298 g/mol. The molecule has 2 aliphatic heterocycles. The number of halogens is 1. The lowest BCUT2D eigenvalue weighted by molar-refractivity contribution is 0.0529. The third kappa shape index (κ3) is 1.19. The van der Waals surface area contributed by atoms with Crippen molar-refractivity contribution in [1.82, 2.24) is 4.90 Å². The zero-order chi connectivity index (χ0) is 15.1. The number of likely N-dealkylation sites (tertiary alicyclic amines) is 1. The van der Waals surface area contributed by atoms with Gasteiger partial charge in [-0.25, -0.2) is 0 Å². The Morgan fingerprint density at radius 3 is 3.05 bits per heavy atom. The van der Waals surface area contributed by atoms with Crippen LogP contribution in [-0.4, -0.2) is 42.6 Å². The van der Waals surface area contributed by atoms with Crippen LogP contribution in [0.4, 0.5) is 0 Å². The van der Waals surface area contributed by atoms with E-state index in [1.807, 2.05) is 6.07 Å². The molecule has 1 aromatic carbocycles. The van der Waals surface area contributed by atoms with E-state index in [-0.39, 0.29) is 22.4 Å². The maximum absolute atomic E-state index is 6.68. The van der Waals surface area contributed by atoms with Gasteiger partial charge in [-0.2, -0.15) is 0 Å². The maximum Gasteiger partial charge on any atom is 0.165 e. The summed E-state index contributed by atoms with van der Waals surface area (Å²) in [6.07, 6.45) is 7.86. The van der Waals surface area contributed by atoms with Gasteiger partial charge < -0.3 is 9.47 Å². The number of benzene rings is 1. The van der Waals surface area contributed by atoms with E-state index in [1.54, 1.807) is 7.11 Å². The van der Waals surface area contributed by atoms with Crippen molar-refractivity contribution in [2.45, 2.75) is 41.7 Å². The van der Waals surface area contributed by atoms with Gasteiger partial charge in [0, 0.05) is 5.56 Å². The first-order valence-electron chi connectivity index (χ1n) is 8.06. The Kier molecular flexibility index (Phi) is 2.42. The minimum Gasteiger partial charge on any atom is -0.493 e. The van der Waals surface area contributed by atoms with Crippen molar-refractivity contribution in [3.8, 4) is 11.5 Å². The lowest BCUT2D eigenvalue weighted by Gasteiger charge is -2.53. The second-order valence-electron chi connectivity index (χ2n) is 7.04. The second-order valence-corrected chi connectivity index (χ2v) is 7.54. The Bertz CT molecular complexity index is 703. The van der Waals surface area contributed by atoms with Crippen LogP contribution in [0.5, 0.6) is 11.5 Å². The highest BCUT2D eigenvalue weighted by atomic mass is 35.5. The van der Waals surface area contributed by atoms with E-state index >= 15 is 0 Å². The first-order chi connectivity index (χ1) is 10.6. The van der Waals surface area contributed by atoms with Crippen LogP contribution >= 0.6 is 11.6 Å². The Labute approximate surface area is 135 Å². The van der Waals surface area contributed by atoms with Crippen LogP contribution in [0, 0.1) is 0 Å². The number of aryl methyl sites for hydroxylation is 1. The van der Waals surface area contributed by atoms with E-state index in [9.17, 15) is 0 Å². The molecule has 2 aliphatic carbocycles. The highest BCUT2D eigenvalue weighted by Gasteiger charge is 2.70. The summed E-state index contributed by atoms with van der Waals surface area (Å²) in [5, 5.41) is -0.0809. The Morgan fingerprint density at radius 2 is 2.23 bits per heavy atom. The van der Waals surface area contributed by atoms with E-state index in [0.29, 0.717) is 0 Å². The van der Waals surface area contributed by atoms with Gasteiger partial charge in [0.15, 0.2) is 11.5 Å². The minimum atomic E-state index is -0.0809. The predicted octanol–water partition coefficient (Wildman–Crippen LogP) is 2.89. The molecule has 2 heterocycles. The molecule has 4 aliphatic rings. The standard InChI is InChI=1S/C18H20ClNO2/c1-20-10-9-18-14-11-3-4-13(21-2)15(14)22-16(18)12(19)6-8-17(18,20)7-5-11/h3-4,6,8,12,16H,5,7,9-10H2,1-2H3/t12-,16+,17+,18+/m1/s1. The third-order valence-corrected chi connectivity index (χ3v) is 6.89. The van der Waals surface area contributed by atoms with Gasteiger partial charge in [-0.1, -0.05) is 18.2 Å². The fourth-order valence-corrected chi connectivity index (χ4v) is 5.91. The number of likely N-dealkylation sites (N-methyl/N-ethyl adjacent to an activating group) is 1. The first-order valence-corrected chi connectivity index (χ1v) is 8.49. The number of ether oxygens (including phenoxy) is 2. The Morgan fingerprint density at radius 1 is 1.36 bits per heavy atom. The molecule has 0 N–H and O–H groups in total. The van der Waals surface area contributed by atoms with Crippen molar-refractivity contribution in [3.63, 3.8) is 0 Å². The van der Waals surface area contributed by atoms with Crippen molar-refractivity contribution in [2.24, 2.45) is 0 Å². The van der Waals surface area contributed by atoms with Crippen LogP contribution in [-0.2, 0) is 11.8 Å². The molecule has 0 radical (unpaired) electrons. The summed E-state index contributed by atoms with van der Waals surface area (Å²) in [4.78, 5) is 2.51. The van der Waals surface area contributed by atoms with E-state index in [2.05, 4.69) is 30.2 Å². The lowest BCUT2D eigenvalue weighted by Crippen LogP contribution is -2.64. The molecule has 1 spiro atoms. The van der Waals surface area contributed by atoms with E-state index in [4.69, 9.17) is 21.1 Å². The smallest absolute Gasteiger partial charge is 0.165 e. The number of rotatable bonds is 1. The van der Waals surface area contributed by atoms with Crippen LogP contribution in [0.1, 0.15) is 24.0 Å². The molecular formula is C18H20ClNO2. The summed E-state index contributed by atoms with van der Waals surface area (Å²) in [5.41, 5.74) is 2.83. The molecule has 0 amide bonds. The topological polar surface area (TPSA) is 21.7 Å². The van der Waals surface area contributed by atoms with Crippen molar-refractivity contribution >= 4 is 11.6 Å². The fraction of sp³-hybridized carbons (Fsp3) is 0.556. The van der Waals surface area contributed by atoms with Gasteiger partial charge in [0.2, 0.25) is 0 Å². The van der Waals surface area contributed by atoms with Gasteiger partial charge >= 0.3 is 0 Å². The molecule has 5 rings (SSSR count). The third-order valence-electron chi connectivity index (χ3n) is 6.52. The predicted molar refractivity (Wildman–Crippen MR) is 86.2 cm³/mol. The molecule has 22 heavy (non-hydrogen) atoms. The SMILES string of the molecule is COc1ccc2c3c1O[C@H]1[C@H](Cl)C=C[C@]4(CC2)N(C)CC[C@]314.